The number of halogens is 2. The van der Waals surface area contributed by atoms with Gasteiger partial charge in [-0.2, -0.15) is 0 Å². The molecule has 1 heterocycles. The molecule has 7 nitrogen and oxygen atoms in total. The van der Waals surface area contributed by atoms with Crippen LogP contribution in [-0.2, 0) is 9.59 Å². The van der Waals surface area contributed by atoms with Crippen LogP contribution in [0.15, 0.2) is 42.0 Å². The summed E-state index contributed by atoms with van der Waals surface area (Å²) in [6.45, 7) is 0. The first-order valence-electron chi connectivity index (χ1n) is 7.56. The van der Waals surface area contributed by atoms with E-state index in [2.05, 4.69) is 5.32 Å². The third kappa shape index (κ3) is 3.47. The zero-order valence-corrected chi connectivity index (χ0v) is 15.3. The standard InChI is InChI=1S/C18H12Cl2N2O5/c1-27-14-6-5-9(8-13(14)23)7-10-16(24)21-18(26)22(17(10)25)12-4-2-3-11(19)15(12)20/h2-8,23H,1H3,(H,21,24,26)/b10-7-. The molecule has 1 aliphatic heterocycles. The number of phenolic OH excluding ortho intramolecular Hbond substituents is 1. The topological polar surface area (TPSA) is 95.9 Å². The molecular weight excluding hydrogens is 395 g/mol. The second-order valence-corrected chi connectivity index (χ2v) is 6.25. The number of nitrogens with one attached hydrogen (secondary N) is 1. The Morgan fingerprint density at radius 2 is 1.89 bits per heavy atom. The molecule has 2 aromatic rings. The van der Waals surface area contributed by atoms with Crippen LogP contribution in [0.3, 0.4) is 0 Å². The van der Waals surface area contributed by atoms with Gasteiger partial charge in [0.15, 0.2) is 11.5 Å². The minimum atomic E-state index is -0.941. The van der Waals surface area contributed by atoms with Gasteiger partial charge >= 0.3 is 6.03 Å². The van der Waals surface area contributed by atoms with E-state index in [0.717, 1.165) is 4.90 Å². The Balaban J connectivity index is 2.05. The molecule has 1 aliphatic rings. The van der Waals surface area contributed by atoms with Gasteiger partial charge in [-0.15, -0.1) is 0 Å². The third-order valence-corrected chi connectivity index (χ3v) is 4.60. The molecule has 138 valence electrons. The average Bonchev–Trinajstić information content (AvgIpc) is 2.62. The first-order valence-corrected chi connectivity index (χ1v) is 8.31. The number of ether oxygens (including phenoxy) is 1. The van der Waals surface area contributed by atoms with Gasteiger partial charge in [0.2, 0.25) is 0 Å². The predicted molar refractivity (Wildman–Crippen MR) is 100 cm³/mol. The van der Waals surface area contributed by atoms with E-state index in [-0.39, 0.29) is 32.8 Å². The first-order chi connectivity index (χ1) is 12.8. The number of urea groups is 1. The lowest BCUT2D eigenvalue weighted by molar-refractivity contribution is -0.122. The van der Waals surface area contributed by atoms with Gasteiger partial charge in [0.05, 0.1) is 22.8 Å². The number of phenols is 1. The number of hydrogen-bond donors (Lipinski definition) is 2. The number of hydrogen-bond acceptors (Lipinski definition) is 5. The average molecular weight is 407 g/mol. The quantitative estimate of drug-likeness (QED) is 0.601. The molecule has 0 atom stereocenters. The second kappa shape index (κ2) is 7.30. The van der Waals surface area contributed by atoms with Gasteiger partial charge in [0.1, 0.15) is 5.57 Å². The molecule has 0 aliphatic carbocycles. The maximum atomic E-state index is 12.8. The fraction of sp³-hybridized carbons (Fsp3) is 0.0556. The highest BCUT2D eigenvalue weighted by atomic mass is 35.5. The van der Waals surface area contributed by atoms with Crippen molar-refractivity contribution in [2.24, 2.45) is 0 Å². The fourth-order valence-corrected chi connectivity index (χ4v) is 2.88. The van der Waals surface area contributed by atoms with Crippen molar-refractivity contribution in [2.75, 3.05) is 12.0 Å². The lowest BCUT2D eigenvalue weighted by Gasteiger charge is -2.27. The van der Waals surface area contributed by atoms with Gasteiger partial charge in [-0.25, -0.2) is 9.69 Å². The first kappa shape index (κ1) is 18.8. The van der Waals surface area contributed by atoms with Crippen LogP contribution in [0.1, 0.15) is 5.56 Å². The molecule has 9 heteroatoms. The largest absolute Gasteiger partial charge is 0.504 e. The number of carbonyl (C=O) groups excluding carboxylic acids is 3. The Hall–Kier alpha value is -3.03. The summed E-state index contributed by atoms with van der Waals surface area (Å²) < 4.78 is 4.95. The zero-order valence-electron chi connectivity index (χ0n) is 13.8. The molecule has 27 heavy (non-hydrogen) atoms. The van der Waals surface area contributed by atoms with Gasteiger partial charge in [-0.05, 0) is 35.9 Å². The van der Waals surface area contributed by atoms with E-state index in [0.29, 0.717) is 5.56 Å². The summed E-state index contributed by atoms with van der Waals surface area (Å²) in [5.41, 5.74) is 0.0937. The second-order valence-electron chi connectivity index (χ2n) is 5.46. The van der Waals surface area contributed by atoms with E-state index < -0.39 is 17.8 Å². The molecule has 0 bridgehead atoms. The van der Waals surface area contributed by atoms with Crippen LogP contribution in [0.2, 0.25) is 10.0 Å². The van der Waals surface area contributed by atoms with Gasteiger partial charge in [0, 0.05) is 0 Å². The van der Waals surface area contributed by atoms with E-state index in [1.807, 2.05) is 0 Å². The van der Waals surface area contributed by atoms with Crippen LogP contribution in [0.5, 0.6) is 11.5 Å². The molecule has 0 radical (unpaired) electrons. The van der Waals surface area contributed by atoms with E-state index in [9.17, 15) is 19.5 Å². The number of carbonyl (C=O) groups is 3. The van der Waals surface area contributed by atoms with Crippen molar-refractivity contribution in [2.45, 2.75) is 0 Å². The normalized spacial score (nSPS) is 15.9. The number of anilines is 1. The van der Waals surface area contributed by atoms with Crippen LogP contribution in [0, 0.1) is 0 Å². The van der Waals surface area contributed by atoms with Crippen molar-refractivity contribution in [3.8, 4) is 11.5 Å². The molecule has 1 fully saturated rings. The maximum absolute atomic E-state index is 12.8. The zero-order chi connectivity index (χ0) is 19.7. The van der Waals surface area contributed by atoms with Crippen molar-refractivity contribution >= 4 is 52.8 Å². The van der Waals surface area contributed by atoms with Gasteiger partial charge in [-0.1, -0.05) is 35.3 Å². The van der Waals surface area contributed by atoms with Gasteiger partial charge in [-0.3, -0.25) is 14.9 Å². The molecule has 0 unspecified atom stereocenters. The van der Waals surface area contributed by atoms with Crippen LogP contribution < -0.4 is 15.0 Å². The number of methoxy groups -OCH3 is 1. The monoisotopic (exact) mass is 406 g/mol. The van der Waals surface area contributed by atoms with Crippen molar-refractivity contribution in [1.82, 2.24) is 5.32 Å². The Morgan fingerprint density at radius 3 is 2.56 bits per heavy atom. The molecule has 0 saturated carbocycles. The summed E-state index contributed by atoms with van der Waals surface area (Å²) in [6, 6.07) is 7.84. The fourth-order valence-electron chi connectivity index (χ4n) is 2.50. The Kier molecular flexibility index (Phi) is 5.07. The number of imide groups is 2. The van der Waals surface area contributed by atoms with E-state index >= 15 is 0 Å². The molecule has 0 aromatic heterocycles. The van der Waals surface area contributed by atoms with Crippen LogP contribution in [-0.4, -0.2) is 30.1 Å². The summed E-state index contributed by atoms with van der Waals surface area (Å²) in [4.78, 5) is 37.9. The van der Waals surface area contributed by atoms with Crippen molar-refractivity contribution in [3.05, 3.63) is 57.6 Å². The number of rotatable bonds is 3. The van der Waals surface area contributed by atoms with Gasteiger partial charge < -0.3 is 9.84 Å². The van der Waals surface area contributed by atoms with Crippen molar-refractivity contribution < 1.29 is 24.2 Å². The maximum Gasteiger partial charge on any atom is 0.336 e. The lowest BCUT2D eigenvalue weighted by Crippen LogP contribution is -2.54. The van der Waals surface area contributed by atoms with Crippen molar-refractivity contribution in [3.63, 3.8) is 0 Å². The molecule has 4 amide bonds. The minimum Gasteiger partial charge on any atom is -0.504 e. The Labute approximate surface area is 163 Å². The van der Waals surface area contributed by atoms with E-state index in [4.69, 9.17) is 27.9 Å². The Morgan fingerprint density at radius 1 is 1.15 bits per heavy atom. The predicted octanol–water partition coefficient (Wildman–Crippen LogP) is 3.37. The summed E-state index contributed by atoms with van der Waals surface area (Å²) in [7, 11) is 1.39. The van der Waals surface area contributed by atoms with E-state index in [1.54, 1.807) is 6.07 Å². The smallest absolute Gasteiger partial charge is 0.336 e. The molecule has 3 rings (SSSR count). The SMILES string of the molecule is COc1ccc(/C=C2/C(=O)NC(=O)N(c3cccc(Cl)c3Cl)C2=O)cc1O. The van der Waals surface area contributed by atoms with Gasteiger partial charge in [0.25, 0.3) is 11.8 Å². The Bertz CT molecular complexity index is 1000. The minimum absolute atomic E-state index is 0.00143. The number of barbiturate groups is 1. The van der Waals surface area contributed by atoms with Crippen LogP contribution >= 0.6 is 23.2 Å². The summed E-state index contributed by atoms with van der Waals surface area (Å²) in [6.07, 6.45) is 1.24. The summed E-state index contributed by atoms with van der Waals surface area (Å²) in [5, 5.41) is 12.1. The molecule has 2 aromatic carbocycles. The van der Waals surface area contributed by atoms with Crippen molar-refractivity contribution in [1.29, 1.82) is 0 Å². The highest BCUT2D eigenvalue weighted by Crippen LogP contribution is 2.34. The highest BCUT2D eigenvalue weighted by Gasteiger charge is 2.38. The summed E-state index contributed by atoms with van der Waals surface area (Å²) >= 11 is 12.0. The van der Waals surface area contributed by atoms with E-state index in [1.165, 1.54) is 43.5 Å². The number of aromatic hydroxyl groups is 1. The highest BCUT2D eigenvalue weighted by molar-refractivity contribution is 6.46. The molecule has 0 spiro atoms. The van der Waals surface area contributed by atoms with Crippen LogP contribution in [0.25, 0.3) is 6.08 Å². The number of amides is 4. The number of benzene rings is 2. The number of nitrogens with zero attached hydrogens (tertiary/aromatic N) is 1. The molecule has 2 N–H and O–H groups in total. The molecular formula is C18H12Cl2N2O5. The third-order valence-electron chi connectivity index (χ3n) is 3.79. The summed E-state index contributed by atoms with van der Waals surface area (Å²) in [5.74, 6) is -1.67. The van der Waals surface area contributed by atoms with Crippen LogP contribution in [0.4, 0.5) is 10.5 Å². The molecule has 1 saturated heterocycles. The lowest BCUT2D eigenvalue weighted by atomic mass is 10.1.